The molecule has 1 heterocycles. The predicted octanol–water partition coefficient (Wildman–Crippen LogP) is 5.73. The second-order valence-electron chi connectivity index (χ2n) is 7.12. The summed E-state index contributed by atoms with van der Waals surface area (Å²) in [6.45, 7) is 0.0567. The van der Waals surface area contributed by atoms with Crippen molar-refractivity contribution in [1.29, 1.82) is 0 Å². The van der Waals surface area contributed by atoms with E-state index in [0.717, 1.165) is 11.4 Å². The van der Waals surface area contributed by atoms with Gasteiger partial charge in [0.15, 0.2) is 0 Å². The number of carbonyl (C=O) groups is 2. The first-order valence-corrected chi connectivity index (χ1v) is 10.7. The molecule has 1 aromatic heterocycles. The number of rotatable bonds is 7. The van der Waals surface area contributed by atoms with Gasteiger partial charge in [0.2, 0.25) is 0 Å². The number of hydrogen-bond acceptors (Lipinski definition) is 5. The summed E-state index contributed by atoms with van der Waals surface area (Å²) in [5.74, 6) is 0.880. The number of halogens is 1. The van der Waals surface area contributed by atoms with Gasteiger partial charge in [-0.2, -0.15) is 0 Å². The minimum absolute atomic E-state index is 0.0567. The van der Waals surface area contributed by atoms with E-state index < -0.39 is 11.8 Å². The summed E-state index contributed by atoms with van der Waals surface area (Å²) in [6, 6.07) is 26.8. The summed E-state index contributed by atoms with van der Waals surface area (Å²) >= 11 is 5.87. The number of nitrogens with zero attached hydrogens (tertiary/aromatic N) is 1. The fraction of sp³-hybridized carbons (Fsp3) is 0.0385. The smallest absolute Gasteiger partial charge is 0.313 e. The van der Waals surface area contributed by atoms with Gasteiger partial charge in [-0.25, -0.2) is 0 Å². The van der Waals surface area contributed by atoms with Gasteiger partial charge in [-0.3, -0.25) is 14.6 Å². The number of anilines is 1. The number of ether oxygens (including phenoxy) is 1. The predicted molar refractivity (Wildman–Crippen MR) is 131 cm³/mol. The van der Waals surface area contributed by atoms with Crippen LogP contribution in [-0.4, -0.2) is 18.0 Å². The van der Waals surface area contributed by atoms with Crippen LogP contribution in [0, 0.1) is 0 Å². The van der Waals surface area contributed by atoms with Crippen molar-refractivity contribution in [3.63, 3.8) is 0 Å². The van der Waals surface area contributed by atoms with E-state index in [2.05, 4.69) is 15.6 Å². The Morgan fingerprint density at radius 3 is 2.41 bits per heavy atom. The van der Waals surface area contributed by atoms with Gasteiger partial charge in [-0.05, 0) is 66.7 Å². The van der Waals surface area contributed by atoms with Crippen LogP contribution in [0.15, 0.2) is 100 Å². The molecule has 0 aliphatic rings. The summed E-state index contributed by atoms with van der Waals surface area (Å²) < 4.78 is 11.4. The molecule has 2 N–H and O–H groups in total. The second kappa shape index (κ2) is 11.0. The Bertz CT molecular complexity index is 1300. The molecular weight excluding hydrogens is 454 g/mol. The molecule has 0 bridgehead atoms. The highest BCUT2D eigenvalue weighted by atomic mass is 35.5. The molecule has 170 valence electrons. The van der Waals surface area contributed by atoms with Gasteiger partial charge in [0.05, 0.1) is 18.4 Å². The Morgan fingerprint density at radius 1 is 0.882 bits per heavy atom. The van der Waals surface area contributed by atoms with Crippen LogP contribution >= 0.6 is 11.6 Å². The Kier molecular flexibility index (Phi) is 7.37. The average Bonchev–Trinajstić information content (AvgIpc) is 3.30. The first kappa shape index (κ1) is 22.8. The van der Waals surface area contributed by atoms with Crippen molar-refractivity contribution in [1.82, 2.24) is 5.32 Å². The van der Waals surface area contributed by atoms with E-state index in [1.165, 1.54) is 0 Å². The van der Waals surface area contributed by atoms with Gasteiger partial charge in [0.1, 0.15) is 23.0 Å². The lowest BCUT2D eigenvalue weighted by Crippen LogP contribution is -2.34. The van der Waals surface area contributed by atoms with E-state index in [9.17, 15) is 9.59 Å². The number of nitrogens with one attached hydrogen (secondary N) is 2. The molecule has 0 radical (unpaired) electrons. The highest BCUT2D eigenvalue weighted by Crippen LogP contribution is 2.23. The minimum atomic E-state index is -0.796. The highest BCUT2D eigenvalue weighted by molar-refractivity contribution is 6.39. The van der Waals surface area contributed by atoms with E-state index in [1.807, 2.05) is 54.6 Å². The summed E-state index contributed by atoms with van der Waals surface area (Å²) in [5, 5.41) is 5.45. The number of amides is 2. The zero-order valence-corrected chi connectivity index (χ0v) is 18.7. The third-order valence-electron chi connectivity index (χ3n) is 4.55. The van der Waals surface area contributed by atoms with E-state index >= 15 is 0 Å². The number of benzene rings is 3. The number of para-hydroxylation sites is 1. The monoisotopic (exact) mass is 473 g/mol. The zero-order valence-electron chi connectivity index (χ0n) is 17.9. The van der Waals surface area contributed by atoms with Gasteiger partial charge in [0, 0.05) is 10.7 Å². The minimum Gasteiger partial charge on any atom is -0.458 e. The quantitative estimate of drug-likeness (QED) is 0.265. The van der Waals surface area contributed by atoms with Crippen molar-refractivity contribution >= 4 is 41.0 Å². The normalized spacial score (nSPS) is 10.7. The Morgan fingerprint density at radius 2 is 1.65 bits per heavy atom. The molecule has 2 amide bonds. The summed E-state index contributed by atoms with van der Waals surface area (Å²) in [7, 11) is 0. The van der Waals surface area contributed by atoms with Crippen molar-refractivity contribution in [3.8, 4) is 11.5 Å². The summed E-state index contributed by atoms with van der Waals surface area (Å²) in [6.07, 6.45) is 1.57. The molecule has 0 aliphatic carbocycles. The topological polar surface area (TPSA) is 92.9 Å². The van der Waals surface area contributed by atoms with E-state index in [0.29, 0.717) is 28.0 Å². The van der Waals surface area contributed by atoms with Crippen LogP contribution < -0.4 is 15.4 Å². The van der Waals surface area contributed by atoms with Crippen molar-refractivity contribution < 1.29 is 18.7 Å². The van der Waals surface area contributed by atoms with E-state index in [4.69, 9.17) is 20.8 Å². The van der Waals surface area contributed by atoms with Crippen LogP contribution in [0.5, 0.6) is 11.5 Å². The number of aliphatic imine (C=N–C) groups is 1. The van der Waals surface area contributed by atoms with E-state index in [-0.39, 0.29) is 6.54 Å². The van der Waals surface area contributed by atoms with Crippen molar-refractivity contribution in [2.24, 2.45) is 4.99 Å². The Balaban J connectivity index is 1.26. The van der Waals surface area contributed by atoms with Crippen molar-refractivity contribution in [2.75, 3.05) is 5.32 Å². The molecule has 3 aromatic carbocycles. The number of furan rings is 1. The molecule has 0 saturated carbocycles. The number of carbonyl (C=O) groups excluding carboxylic acids is 2. The summed E-state index contributed by atoms with van der Waals surface area (Å²) in [4.78, 5) is 28.4. The van der Waals surface area contributed by atoms with Crippen LogP contribution in [0.1, 0.15) is 11.5 Å². The van der Waals surface area contributed by atoms with Crippen LogP contribution in [0.3, 0.4) is 0 Å². The molecule has 0 aliphatic heterocycles. The molecule has 0 saturated heterocycles. The van der Waals surface area contributed by atoms with Gasteiger partial charge in [-0.1, -0.05) is 35.9 Å². The van der Waals surface area contributed by atoms with Gasteiger partial charge in [-0.15, -0.1) is 0 Å². The molecule has 8 heteroatoms. The van der Waals surface area contributed by atoms with Crippen molar-refractivity contribution in [3.05, 3.63) is 108 Å². The van der Waals surface area contributed by atoms with Gasteiger partial charge < -0.3 is 19.8 Å². The maximum absolute atomic E-state index is 12.0. The SMILES string of the molecule is O=C(NCc1ccc(C=Nc2ccc(Oc3ccccc3)cc2)o1)C(=O)Nc1cccc(Cl)c1. The molecule has 4 aromatic rings. The van der Waals surface area contributed by atoms with Crippen molar-refractivity contribution in [2.45, 2.75) is 6.54 Å². The largest absolute Gasteiger partial charge is 0.458 e. The molecule has 4 rings (SSSR count). The van der Waals surface area contributed by atoms with E-state index in [1.54, 1.807) is 42.6 Å². The third-order valence-corrected chi connectivity index (χ3v) is 4.79. The van der Waals surface area contributed by atoms with Crippen LogP contribution in [-0.2, 0) is 16.1 Å². The van der Waals surface area contributed by atoms with Gasteiger partial charge in [0.25, 0.3) is 0 Å². The Labute approximate surface area is 201 Å². The van der Waals surface area contributed by atoms with Gasteiger partial charge >= 0.3 is 11.8 Å². The molecule has 0 fully saturated rings. The molecule has 34 heavy (non-hydrogen) atoms. The highest BCUT2D eigenvalue weighted by Gasteiger charge is 2.14. The molecule has 7 nitrogen and oxygen atoms in total. The lowest BCUT2D eigenvalue weighted by Gasteiger charge is -2.05. The van der Waals surface area contributed by atoms with Crippen LogP contribution in [0.4, 0.5) is 11.4 Å². The second-order valence-corrected chi connectivity index (χ2v) is 7.55. The average molecular weight is 474 g/mol. The Hall–Kier alpha value is -4.36. The lowest BCUT2D eigenvalue weighted by molar-refractivity contribution is -0.136. The zero-order chi connectivity index (χ0) is 23.8. The maximum Gasteiger partial charge on any atom is 0.313 e. The maximum atomic E-state index is 12.0. The fourth-order valence-electron chi connectivity index (χ4n) is 2.92. The third kappa shape index (κ3) is 6.57. The first-order chi connectivity index (χ1) is 16.5. The molecule has 0 spiro atoms. The summed E-state index contributed by atoms with van der Waals surface area (Å²) in [5.41, 5.74) is 1.16. The first-order valence-electron chi connectivity index (χ1n) is 10.4. The lowest BCUT2D eigenvalue weighted by atomic mass is 10.3. The molecule has 0 unspecified atom stereocenters. The molecule has 0 atom stereocenters. The molecular formula is C26H20ClN3O4. The van der Waals surface area contributed by atoms with Crippen LogP contribution in [0.2, 0.25) is 5.02 Å². The fourth-order valence-corrected chi connectivity index (χ4v) is 3.11. The number of hydrogen-bond donors (Lipinski definition) is 2. The van der Waals surface area contributed by atoms with Crippen LogP contribution in [0.25, 0.3) is 0 Å². The standard InChI is InChI=1S/C26H20ClN3O4/c27-18-5-4-6-20(15-18)30-26(32)25(31)29-17-24-14-13-23(34-24)16-28-19-9-11-22(12-10-19)33-21-7-2-1-3-8-21/h1-16H,17H2,(H,29,31)(H,30,32).